The lowest BCUT2D eigenvalue weighted by Crippen LogP contribution is -2.32. The monoisotopic (exact) mass is 333 g/mol. The lowest BCUT2D eigenvalue weighted by atomic mass is 9.83. The van der Waals surface area contributed by atoms with Gasteiger partial charge in [-0.05, 0) is 125 Å². The normalized spacial score (nSPS) is 15.5. The van der Waals surface area contributed by atoms with Crippen LogP contribution in [0.25, 0.3) is 16.7 Å². The Morgan fingerprint density at radius 1 is 0.720 bits per heavy atom. The van der Waals surface area contributed by atoms with Crippen molar-refractivity contribution in [3.05, 3.63) is 57.2 Å². The fourth-order valence-corrected chi connectivity index (χ4v) is 4.32. The molecule has 2 aromatic carbocycles. The van der Waals surface area contributed by atoms with Crippen LogP contribution in [0.4, 0.5) is 5.69 Å². The Labute approximate surface area is 153 Å². The molecule has 0 atom stereocenters. The molecular weight excluding hydrogens is 302 g/mol. The number of fused-ring (bicyclic) bond motifs is 1. The van der Waals surface area contributed by atoms with Crippen molar-refractivity contribution >= 4 is 11.3 Å². The van der Waals surface area contributed by atoms with Crippen LogP contribution in [0.2, 0.25) is 0 Å². The molecular formula is C24H31N. The Bertz CT molecular complexity index is 881. The molecule has 0 fully saturated rings. The lowest BCUT2D eigenvalue weighted by Gasteiger charge is -2.33. The van der Waals surface area contributed by atoms with E-state index in [1.54, 1.807) is 0 Å². The zero-order chi connectivity index (χ0) is 18.7. The maximum absolute atomic E-state index is 3.70. The van der Waals surface area contributed by atoms with Gasteiger partial charge in [0, 0.05) is 11.3 Å². The molecule has 0 spiro atoms. The quantitative estimate of drug-likeness (QED) is 0.604. The minimum atomic E-state index is 0.00618. The summed E-state index contributed by atoms with van der Waals surface area (Å²) in [6.45, 7) is 20.2. The van der Waals surface area contributed by atoms with Gasteiger partial charge < -0.3 is 5.32 Å². The highest BCUT2D eigenvalue weighted by Crippen LogP contribution is 2.41. The fourth-order valence-electron chi connectivity index (χ4n) is 4.32. The first-order valence-electron chi connectivity index (χ1n) is 9.23. The van der Waals surface area contributed by atoms with Crippen LogP contribution < -0.4 is 5.32 Å². The van der Waals surface area contributed by atoms with Gasteiger partial charge in [-0.3, -0.25) is 0 Å². The van der Waals surface area contributed by atoms with Crippen molar-refractivity contribution in [3.63, 3.8) is 0 Å². The van der Waals surface area contributed by atoms with E-state index < -0.39 is 0 Å². The highest BCUT2D eigenvalue weighted by molar-refractivity contribution is 5.87. The van der Waals surface area contributed by atoms with E-state index in [2.05, 4.69) is 85.8 Å². The van der Waals surface area contributed by atoms with E-state index in [-0.39, 0.29) is 5.54 Å². The standard InChI is InChI=1S/C24H31N/c1-13-10-20(11-21-14(2)12-24(8,9)25-23(13)21)22-18(6)16(4)15(3)17(5)19(22)7/h10-12,25H,1-9H3. The first-order valence-corrected chi connectivity index (χ1v) is 9.23. The third-order valence-electron chi connectivity index (χ3n) is 6.07. The van der Waals surface area contributed by atoms with Gasteiger partial charge in [0.1, 0.15) is 0 Å². The molecule has 3 rings (SSSR count). The molecule has 1 nitrogen and oxygen atoms in total. The molecule has 0 aromatic heterocycles. The van der Waals surface area contributed by atoms with E-state index in [1.165, 1.54) is 61.3 Å². The summed E-state index contributed by atoms with van der Waals surface area (Å²) < 4.78 is 0. The van der Waals surface area contributed by atoms with Crippen LogP contribution in [0, 0.1) is 41.5 Å². The van der Waals surface area contributed by atoms with E-state index in [4.69, 9.17) is 0 Å². The summed E-state index contributed by atoms with van der Waals surface area (Å²) in [6, 6.07) is 4.73. The van der Waals surface area contributed by atoms with Crippen molar-refractivity contribution in [1.29, 1.82) is 0 Å². The van der Waals surface area contributed by atoms with Crippen molar-refractivity contribution in [2.75, 3.05) is 5.32 Å². The zero-order valence-corrected chi connectivity index (χ0v) is 17.2. The maximum Gasteiger partial charge on any atom is 0.0506 e. The molecule has 0 saturated heterocycles. The number of anilines is 1. The maximum atomic E-state index is 3.70. The zero-order valence-electron chi connectivity index (χ0n) is 17.2. The Balaban J connectivity index is 2.30. The molecule has 0 aliphatic carbocycles. The molecule has 25 heavy (non-hydrogen) atoms. The van der Waals surface area contributed by atoms with E-state index >= 15 is 0 Å². The minimum Gasteiger partial charge on any atom is -0.376 e. The summed E-state index contributed by atoms with van der Waals surface area (Å²) in [7, 11) is 0. The topological polar surface area (TPSA) is 12.0 Å². The highest BCUT2D eigenvalue weighted by Gasteiger charge is 2.25. The largest absolute Gasteiger partial charge is 0.376 e. The molecule has 132 valence electrons. The van der Waals surface area contributed by atoms with Gasteiger partial charge in [0.05, 0.1) is 5.54 Å². The number of hydrogen-bond acceptors (Lipinski definition) is 1. The van der Waals surface area contributed by atoms with Gasteiger partial charge in [-0.25, -0.2) is 0 Å². The molecule has 1 N–H and O–H groups in total. The highest BCUT2D eigenvalue weighted by atomic mass is 15.0. The van der Waals surface area contributed by atoms with Crippen molar-refractivity contribution in [3.8, 4) is 11.1 Å². The molecule has 2 aromatic rings. The summed E-state index contributed by atoms with van der Waals surface area (Å²) >= 11 is 0. The summed E-state index contributed by atoms with van der Waals surface area (Å²) in [5.41, 5.74) is 15.1. The van der Waals surface area contributed by atoms with E-state index in [0.717, 1.165) is 0 Å². The van der Waals surface area contributed by atoms with Gasteiger partial charge >= 0.3 is 0 Å². The lowest BCUT2D eigenvalue weighted by molar-refractivity contribution is 0.706. The molecule has 0 bridgehead atoms. The number of hydrogen-bond donors (Lipinski definition) is 1. The Kier molecular flexibility index (Phi) is 4.10. The number of rotatable bonds is 1. The number of aryl methyl sites for hydroxylation is 1. The van der Waals surface area contributed by atoms with Gasteiger partial charge in [-0.1, -0.05) is 6.08 Å². The van der Waals surface area contributed by atoms with Crippen LogP contribution in [0.1, 0.15) is 59.7 Å². The van der Waals surface area contributed by atoms with Crippen molar-refractivity contribution < 1.29 is 0 Å². The second-order valence-electron chi connectivity index (χ2n) is 8.39. The summed E-state index contributed by atoms with van der Waals surface area (Å²) in [4.78, 5) is 0. The summed E-state index contributed by atoms with van der Waals surface area (Å²) in [5.74, 6) is 0. The second kappa shape index (κ2) is 5.76. The van der Waals surface area contributed by atoms with Crippen LogP contribution in [0.3, 0.4) is 0 Å². The summed E-state index contributed by atoms with van der Waals surface area (Å²) in [6.07, 6.45) is 2.34. The first kappa shape index (κ1) is 17.8. The van der Waals surface area contributed by atoms with Crippen LogP contribution in [0.15, 0.2) is 18.2 Å². The van der Waals surface area contributed by atoms with Crippen LogP contribution >= 0.6 is 0 Å². The fraction of sp³-hybridized carbons (Fsp3) is 0.417. The van der Waals surface area contributed by atoms with E-state index in [9.17, 15) is 0 Å². The molecule has 0 saturated carbocycles. The molecule has 0 radical (unpaired) electrons. The predicted octanol–water partition coefficient (Wildman–Crippen LogP) is 6.81. The second-order valence-corrected chi connectivity index (χ2v) is 8.39. The van der Waals surface area contributed by atoms with Crippen LogP contribution in [-0.2, 0) is 0 Å². The van der Waals surface area contributed by atoms with Gasteiger partial charge in [0.2, 0.25) is 0 Å². The third kappa shape index (κ3) is 2.80. The van der Waals surface area contributed by atoms with Gasteiger partial charge in [-0.2, -0.15) is 0 Å². The Hall–Kier alpha value is -2.02. The molecule has 0 amide bonds. The Morgan fingerprint density at radius 3 is 1.80 bits per heavy atom. The smallest absolute Gasteiger partial charge is 0.0506 e. The summed E-state index contributed by atoms with van der Waals surface area (Å²) in [5, 5.41) is 3.70. The van der Waals surface area contributed by atoms with Crippen molar-refractivity contribution in [2.24, 2.45) is 0 Å². The van der Waals surface area contributed by atoms with Crippen molar-refractivity contribution in [2.45, 2.75) is 67.9 Å². The molecule has 0 unspecified atom stereocenters. The van der Waals surface area contributed by atoms with Gasteiger partial charge in [-0.15, -0.1) is 0 Å². The number of nitrogens with one attached hydrogen (secondary N) is 1. The Morgan fingerprint density at radius 2 is 1.24 bits per heavy atom. The average molecular weight is 334 g/mol. The van der Waals surface area contributed by atoms with Crippen molar-refractivity contribution in [1.82, 2.24) is 0 Å². The third-order valence-corrected chi connectivity index (χ3v) is 6.07. The average Bonchev–Trinajstić information content (AvgIpc) is 2.52. The number of allylic oxidation sites excluding steroid dienone is 1. The van der Waals surface area contributed by atoms with Crippen LogP contribution in [0.5, 0.6) is 0 Å². The van der Waals surface area contributed by atoms with Crippen LogP contribution in [-0.4, -0.2) is 5.54 Å². The minimum absolute atomic E-state index is 0.00618. The molecule has 1 aliphatic heterocycles. The SMILES string of the molecule is CC1=CC(C)(C)Nc2c(C)cc(-c3c(C)c(C)c(C)c(C)c3C)cc21. The van der Waals surface area contributed by atoms with Gasteiger partial charge in [0.15, 0.2) is 0 Å². The van der Waals surface area contributed by atoms with Gasteiger partial charge in [0.25, 0.3) is 0 Å². The molecule has 1 heteroatoms. The first-order chi connectivity index (χ1) is 11.5. The predicted molar refractivity (Wildman–Crippen MR) is 112 cm³/mol. The van der Waals surface area contributed by atoms with E-state index in [1.807, 2.05) is 0 Å². The number of benzene rings is 2. The van der Waals surface area contributed by atoms with E-state index in [0.29, 0.717) is 0 Å². The molecule has 1 aliphatic rings. The molecule has 1 heterocycles.